The highest BCUT2D eigenvalue weighted by molar-refractivity contribution is 7.49. The van der Waals surface area contributed by atoms with Crippen LogP contribution in [0.15, 0.2) is 18.2 Å². The molecule has 0 heterocycles. The van der Waals surface area contributed by atoms with E-state index >= 15 is 0 Å². The number of phosphoric acid groups is 1. The van der Waals surface area contributed by atoms with Crippen molar-refractivity contribution in [3.05, 3.63) is 29.3 Å². The number of aliphatic hydroxyl groups is 1. The highest BCUT2D eigenvalue weighted by Crippen LogP contribution is 2.53. The van der Waals surface area contributed by atoms with E-state index in [1.165, 1.54) is 0 Å². The van der Waals surface area contributed by atoms with Crippen LogP contribution in [-0.2, 0) is 35.0 Å². The molecule has 0 aromatic heterocycles. The lowest BCUT2D eigenvalue weighted by Crippen LogP contribution is -2.27. The Morgan fingerprint density at radius 1 is 1.03 bits per heavy atom. The fraction of sp³-hybridized carbons (Fsp3) is 0.696. The summed E-state index contributed by atoms with van der Waals surface area (Å²) < 4.78 is 35.8. The molecule has 0 saturated heterocycles. The zero-order valence-corrected chi connectivity index (χ0v) is 21.2. The Hall–Kier alpha value is -1.40. The first-order valence-corrected chi connectivity index (χ1v) is 12.2. The minimum atomic E-state index is -3.94. The maximum Gasteiger partial charge on any atom is 0.530 e. The van der Waals surface area contributed by atoms with Crippen LogP contribution in [0.25, 0.3) is 0 Å². The molecule has 0 aliphatic rings. The highest BCUT2D eigenvalue weighted by atomic mass is 31.2. The summed E-state index contributed by atoms with van der Waals surface area (Å²) in [5, 5.41) is 9.61. The van der Waals surface area contributed by atoms with Crippen LogP contribution >= 0.6 is 7.82 Å². The van der Waals surface area contributed by atoms with Crippen molar-refractivity contribution in [2.45, 2.75) is 98.4 Å². The molecule has 0 fully saturated rings. The molecule has 0 amide bonds. The van der Waals surface area contributed by atoms with Gasteiger partial charge in [0.15, 0.2) is 0 Å². The molecule has 0 bridgehead atoms. The molecule has 31 heavy (non-hydrogen) atoms. The van der Waals surface area contributed by atoms with Gasteiger partial charge in [-0.25, -0.2) is 4.57 Å². The first-order chi connectivity index (χ1) is 14.1. The lowest BCUT2D eigenvalue weighted by Gasteiger charge is -2.31. The summed E-state index contributed by atoms with van der Waals surface area (Å²) in [5.74, 6) is -0.0881. The number of carbonyl (C=O) groups is 1. The molecule has 1 N–H and O–H groups in total. The first kappa shape index (κ1) is 27.6. The van der Waals surface area contributed by atoms with E-state index in [1.54, 1.807) is 39.8 Å². The number of rotatable bonds is 11. The van der Waals surface area contributed by atoms with Gasteiger partial charge in [0, 0.05) is 12.2 Å². The van der Waals surface area contributed by atoms with Crippen molar-refractivity contribution in [2.24, 2.45) is 0 Å². The van der Waals surface area contributed by atoms with Gasteiger partial charge in [-0.05, 0) is 71.9 Å². The highest BCUT2D eigenvalue weighted by Gasteiger charge is 2.36. The smallest absolute Gasteiger partial charge is 0.460 e. The molecular weight excluding hydrogens is 419 g/mol. The number of benzene rings is 1. The largest absolute Gasteiger partial charge is 0.530 e. The number of hydrogen-bond acceptors (Lipinski definition) is 7. The second-order valence-corrected chi connectivity index (χ2v) is 11.3. The van der Waals surface area contributed by atoms with Crippen LogP contribution in [0.4, 0.5) is 0 Å². The van der Waals surface area contributed by atoms with Crippen LogP contribution in [0.2, 0.25) is 0 Å². The number of carbonyl (C=O) groups excluding carboxylic acids is 1. The minimum absolute atomic E-state index is 0.0129. The van der Waals surface area contributed by atoms with E-state index < -0.39 is 18.8 Å². The van der Waals surface area contributed by atoms with E-state index in [0.717, 1.165) is 0 Å². The molecule has 1 aromatic carbocycles. The molecule has 0 aliphatic heterocycles. The summed E-state index contributed by atoms with van der Waals surface area (Å²) in [7, 11) is -3.94. The van der Waals surface area contributed by atoms with Gasteiger partial charge in [-0.3, -0.25) is 13.8 Å². The molecule has 7 nitrogen and oxygen atoms in total. The lowest BCUT2D eigenvalue weighted by molar-refractivity contribution is -0.153. The fourth-order valence-corrected chi connectivity index (χ4v) is 4.77. The summed E-state index contributed by atoms with van der Waals surface area (Å²) in [6, 6.07) is 5.21. The molecule has 0 saturated carbocycles. The molecule has 1 aromatic rings. The summed E-state index contributed by atoms with van der Waals surface area (Å²) in [6.07, 6.45) is -0.347. The maximum absolute atomic E-state index is 13.4. The standard InChI is InChI=1S/C23H39O7P/c1-16(2)28-31(26,29-17(3)4)30-19-12-10-11-18(15-20(25)27-22(5,6)7)21(19)23(8,9)13-14-24/h10-12,16-17,24H,13-15H2,1-9H3. The van der Waals surface area contributed by atoms with Crippen molar-refractivity contribution < 1.29 is 32.8 Å². The second-order valence-electron chi connectivity index (χ2n) is 9.76. The van der Waals surface area contributed by atoms with Crippen molar-refractivity contribution in [2.75, 3.05) is 6.61 Å². The van der Waals surface area contributed by atoms with Gasteiger partial charge in [-0.2, -0.15) is 0 Å². The van der Waals surface area contributed by atoms with Crippen molar-refractivity contribution in [3.8, 4) is 5.75 Å². The van der Waals surface area contributed by atoms with Crippen molar-refractivity contribution in [1.82, 2.24) is 0 Å². The Morgan fingerprint density at radius 3 is 2.03 bits per heavy atom. The Bertz CT molecular complexity index is 765. The van der Waals surface area contributed by atoms with Crippen LogP contribution in [0.3, 0.4) is 0 Å². The van der Waals surface area contributed by atoms with Gasteiger partial charge in [0.1, 0.15) is 11.4 Å². The third kappa shape index (κ3) is 9.32. The minimum Gasteiger partial charge on any atom is -0.460 e. The molecule has 0 aliphatic carbocycles. The van der Waals surface area contributed by atoms with Crippen molar-refractivity contribution in [3.63, 3.8) is 0 Å². The third-order valence-corrected chi connectivity index (χ3v) is 5.95. The summed E-state index contributed by atoms with van der Waals surface area (Å²) >= 11 is 0. The Labute approximate surface area is 187 Å². The zero-order valence-electron chi connectivity index (χ0n) is 20.4. The van der Waals surface area contributed by atoms with Crippen LogP contribution < -0.4 is 4.52 Å². The molecule has 0 atom stereocenters. The van der Waals surface area contributed by atoms with E-state index in [2.05, 4.69) is 0 Å². The fourth-order valence-electron chi connectivity index (χ4n) is 3.21. The van der Waals surface area contributed by atoms with Gasteiger partial charge in [0.05, 0.1) is 18.6 Å². The molecular formula is C23H39O7P. The van der Waals surface area contributed by atoms with Crippen LogP contribution in [0.5, 0.6) is 5.75 Å². The van der Waals surface area contributed by atoms with Gasteiger partial charge in [0.25, 0.3) is 0 Å². The van der Waals surface area contributed by atoms with Crippen LogP contribution in [0.1, 0.15) is 79.9 Å². The average molecular weight is 459 g/mol. The Kier molecular flexibility index (Phi) is 9.76. The number of aliphatic hydroxyl groups excluding tert-OH is 1. The Morgan fingerprint density at radius 2 is 1.58 bits per heavy atom. The number of phosphoric ester groups is 1. The first-order valence-electron chi connectivity index (χ1n) is 10.7. The zero-order chi connectivity index (χ0) is 24.0. The predicted molar refractivity (Wildman–Crippen MR) is 121 cm³/mol. The quantitative estimate of drug-likeness (QED) is 0.342. The lowest BCUT2D eigenvalue weighted by atomic mass is 9.78. The van der Waals surface area contributed by atoms with Crippen LogP contribution in [-0.4, -0.2) is 35.5 Å². The van der Waals surface area contributed by atoms with E-state index in [1.807, 2.05) is 40.7 Å². The van der Waals surface area contributed by atoms with E-state index in [-0.39, 0.29) is 31.2 Å². The number of esters is 1. The van der Waals surface area contributed by atoms with Gasteiger partial charge < -0.3 is 14.4 Å². The topological polar surface area (TPSA) is 91.3 Å². The summed E-state index contributed by atoms with van der Waals surface area (Å²) in [6.45, 7) is 16.2. The summed E-state index contributed by atoms with van der Waals surface area (Å²) in [5.41, 5.74) is 0.141. The molecule has 0 spiro atoms. The van der Waals surface area contributed by atoms with E-state index in [0.29, 0.717) is 23.3 Å². The monoisotopic (exact) mass is 458 g/mol. The second kappa shape index (κ2) is 11.0. The molecule has 1 rings (SSSR count). The number of hydrogen-bond donors (Lipinski definition) is 1. The third-order valence-electron chi connectivity index (χ3n) is 4.17. The predicted octanol–water partition coefficient (Wildman–Crippen LogP) is 5.57. The van der Waals surface area contributed by atoms with Crippen molar-refractivity contribution in [1.29, 1.82) is 0 Å². The van der Waals surface area contributed by atoms with Gasteiger partial charge >= 0.3 is 13.8 Å². The van der Waals surface area contributed by atoms with Gasteiger partial charge in [-0.1, -0.05) is 26.0 Å². The van der Waals surface area contributed by atoms with Crippen LogP contribution in [0, 0.1) is 0 Å². The normalized spacial score (nSPS) is 13.0. The molecule has 8 heteroatoms. The van der Waals surface area contributed by atoms with Gasteiger partial charge in [0.2, 0.25) is 0 Å². The van der Waals surface area contributed by atoms with E-state index in [9.17, 15) is 14.5 Å². The van der Waals surface area contributed by atoms with Gasteiger partial charge in [-0.15, -0.1) is 0 Å². The number of ether oxygens (including phenoxy) is 1. The molecule has 0 radical (unpaired) electrons. The summed E-state index contributed by atoms with van der Waals surface area (Å²) in [4.78, 5) is 12.5. The SMILES string of the molecule is CC(C)OP(=O)(Oc1cccc(CC(=O)OC(C)(C)C)c1C(C)(C)CCO)OC(C)C. The maximum atomic E-state index is 13.4. The average Bonchev–Trinajstić information content (AvgIpc) is 2.50. The van der Waals surface area contributed by atoms with Crippen molar-refractivity contribution >= 4 is 13.8 Å². The Balaban J connectivity index is 3.48. The van der Waals surface area contributed by atoms with E-state index in [4.69, 9.17) is 18.3 Å². The molecule has 178 valence electrons. The molecule has 0 unspecified atom stereocenters.